The standard InChI is InChI=1S/C23H24BrNO6/c1-29-22(27)17-9-11-25(12-10-17)21(26)15-31-23(28)19-7-2-3-8-20(19)30-14-16-5-4-6-18(24)13-16/h2-8,13,17H,9-12,14-15H2,1H3. The van der Waals surface area contributed by atoms with Crippen molar-refractivity contribution in [1.29, 1.82) is 0 Å². The summed E-state index contributed by atoms with van der Waals surface area (Å²) in [7, 11) is 1.36. The zero-order valence-electron chi connectivity index (χ0n) is 17.2. The number of esters is 2. The van der Waals surface area contributed by atoms with Crippen LogP contribution in [0.5, 0.6) is 5.75 Å². The summed E-state index contributed by atoms with van der Waals surface area (Å²) in [4.78, 5) is 38.2. The largest absolute Gasteiger partial charge is 0.488 e. The molecule has 1 fully saturated rings. The quantitative estimate of drug-likeness (QED) is 0.552. The summed E-state index contributed by atoms with van der Waals surface area (Å²) in [5, 5.41) is 0. The Hall–Kier alpha value is -2.87. The average Bonchev–Trinajstić information content (AvgIpc) is 2.80. The van der Waals surface area contributed by atoms with Crippen molar-refractivity contribution in [2.75, 3.05) is 26.8 Å². The molecular formula is C23H24BrNO6. The second kappa shape index (κ2) is 10.9. The van der Waals surface area contributed by atoms with Crippen LogP contribution in [-0.4, -0.2) is 49.6 Å². The third-order valence-electron chi connectivity index (χ3n) is 5.10. The molecule has 0 bridgehead atoms. The molecule has 7 nitrogen and oxygen atoms in total. The van der Waals surface area contributed by atoms with Crippen LogP contribution in [0, 0.1) is 5.92 Å². The molecule has 31 heavy (non-hydrogen) atoms. The van der Waals surface area contributed by atoms with Gasteiger partial charge in [0.15, 0.2) is 6.61 Å². The van der Waals surface area contributed by atoms with Crippen molar-refractivity contribution >= 4 is 33.8 Å². The lowest BCUT2D eigenvalue weighted by molar-refractivity contribution is -0.149. The number of para-hydroxylation sites is 1. The van der Waals surface area contributed by atoms with Gasteiger partial charge in [0, 0.05) is 17.6 Å². The minimum absolute atomic E-state index is 0.189. The predicted molar refractivity (Wildman–Crippen MR) is 117 cm³/mol. The summed E-state index contributed by atoms with van der Waals surface area (Å²) in [6.07, 6.45) is 1.08. The second-order valence-electron chi connectivity index (χ2n) is 7.17. The van der Waals surface area contributed by atoms with Gasteiger partial charge in [0.25, 0.3) is 5.91 Å². The zero-order valence-corrected chi connectivity index (χ0v) is 18.8. The van der Waals surface area contributed by atoms with Gasteiger partial charge in [-0.05, 0) is 42.7 Å². The van der Waals surface area contributed by atoms with Crippen LogP contribution in [-0.2, 0) is 25.7 Å². The normalized spacial score (nSPS) is 14.1. The molecular weight excluding hydrogens is 466 g/mol. The van der Waals surface area contributed by atoms with E-state index in [0.717, 1.165) is 10.0 Å². The van der Waals surface area contributed by atoms with Crippen LogP contribution in [0.2, 0.25) is 0 Å². The van der Waals surface area contributed by atoms with Crippen molar-refractivity contribution in [1.82, 2.24) is 4.90 Å². The highest BCUT2D eigenvalue weighted by Crippen LogP contribution is 2.22. The predicted octanol–water partition coefficient (Wildman–Crippen LogP) is 3.60. The summed E-state index contributed by atoms with van der Waals surface area (Å²) in [5.74, 6) is -0.963. The SMILES string of the molecule is COC(=O)C1CCN(C(=O)COC(=O)c2ccccc2OCc2cccc(Br)c2)CC1. The number of halogens is 1. The minimum atomic E-state index is -0.623. The Labute approximate surface area is 189 Å². The summed E-state index contributed by atoms with van der Waals surface area (Å²) in [6.45, 7) is 0.796. The number of carbonyl (C=O) groups is 3. The number of rotatable bonds is 7. The molecule has 3 rings (SSSR count). The fourth-order valence-electron chi connectivity index (χ4n) is 3.38. The molecule has 1 amide bonds. The first-order chi connectivity index (χ1) is 15.0. The molecule has 2 aromatic rings. The van der Waals surface area contributed by atoms with E-state index in [1.807, 2.05) is 24.3 Å². The molecule has 0 N–H and O–H groups in total. The number of methoxy groups -OCH3 is 1. The number of ether oxygens (including phenoxy) is 3. The smallest absolute Gasteiger partial charge is 0.342 e. The van der Waals surface area contributed by atoms with Crippen molar-refractivity contribution in [2.24, 2.45) is 5.92 Å². The van der Waals surface area contributed by atoms with Crippen LogP contribution < -0.4 is 4.74 Å². The van der Waals surface area contributed by atoms with Crippen molar-refractivity contribution in [2.45, 2.75) is 19.4 Å². The van der Waals surface area contributed by atoms with Gasteiger partial charge in [-0.1, -0.05) is 40.2 Å². The summed E-state index contributed by atoms with van der Waals surface area (Å²) in [6, 6.07) is 14.5. The Kier molecular flexibility index (Phi) is 8.06. The first-order valence-electron chi connectivity index (χ1n) is 9.97. The lowest BCUT2D eigenvalue weighted by Gasteiger charge is -2.30. The van der Waals surface area contributed by atoms with E-state index in [-0.39, 0.29) is 36.6 Å². The number of benzene rings is 2. The Morgan fingerprint density at radius 2 is 1.81 bits per heavy atom. The molecule has 0 radical (unpaired) electrons. The molecule has 0 aromatic heterocycles. The first kappa shape index (κ1) is 22.8. The maximum atomic E-state index is 12.6. The van der Waals surface area contributed by atoms with Crippen LogP contribution in [0.15, 0.2) is 53.0 Å². The number of carbonyl (C=O) groups excluding carboxylic acids is 3. The van der Waals surface area contributed by atoms with Crippen LogP contribution in [0.3, 0.4) is 0 Å². The summed E-state index contributed by atoms with van der Waals surface area (Å²) in [5.41, 5.74) is 1.21. The number of hydrogen-bond donors (Lipinski definition) is 0. The molecule has 0 unspecified atom stereocenters. The van der Waals surface area contributed by atoms with E-state index in [1.54, 1.807) is 29.2 Å². The van der Waals surface area contributed by atoms with E-state index in [9.17, 15) is 14.4 Å². The van der Waals surface area contributed by atoms with Crippen LogP contribution in [0.25, 0.3) is 0 Å². The third-order valence-corrected chi connectivity index (χ3v) is 5.59. The Bertz CT molecular complexity index is 939. The lowest BCUT2D eigenvalue weighted by Crippen LogP contribution is -2.42. The highest BCUT2D eigenvalue weighted by Gasteiger charge is 2.28. The molecule has 8 heteroatoms. The maximum Gasteiger partial charge on any atom is 0.342 e. The van der Waals surface area contributed by atoms with Gasteiger partial charge in [-0.2, -0.15) is 0 Å². The highest BCUT2D eigenvalue weighted by atomic mass is 79.9. The van der Waals surface area contributed by atoms with Gasteiger partial charge in [-0.25, -0.2) is 4.79 Å². The van der Waals surface area contributed by atoms with Gasteiger partial charge >= 0.3 is 11.9 Å². The van der Waals surface area contributed by atoms with Gasteiger partial charge < -0.3 is 19.1 Å². The molecule has 1 heterocycles. The molecule has 1 saturated heterocycles. The number of likely N-dealkylation sites (tertiary alicyclic amines) is 1. The fraction of sp³-hybridized carbons (Fsp3) is 0.348. The Morgan fingerprint density at radius 1 is 1.06 bits per heavy atom. The average molecular weight is 490 g/mol. The molecule has 1 aliphatic rings. The molecule has 0 atom stereocenters. The highest BCUT2D eigenvalue weighted by molar-refractivity contribution is 9.10. The van der Waals surface area contributed by atoms with Gasteiger partial charge in [0.2, 0.25) is 0 Å². The fourth-order valence-corrected chi connectivity index (χ4v) is 3.82. The molecule has 1 aliphatic heterocycles. The molecule has 0 saturated carbocycles. The van der Waals surface area contributed by atoms with E-state index < -0.39 is 5.97 Å². The van der Waals surface area contributed by atoms with Gasteiger partial charge in [-0.3, -0.25) is 9.59 Å². The Morgan fingerprint density at radius 3 is 2.52 bits per heavy atom. The van der Waals surface area contributed by atoms with Gasteiger partial charge in [0.05, 0.1) is 13.0 Å². The van der Waals surface area contributed by atoms with Crippen molar-refractivity contribution in [3.63, 3.8) is 0 Å². The topological polar surface area (TPSA) is 82.1 Å². The molecule has 2 aromatic carbocycles. The maximum absolute atomic E-state index is 12.6. The van der Waals surface area contributed by atoms with Crippen LogP contribution in [0.4, 0.5) is 0 Å². The number of piperidine rings is 1. The van der Waals surface area contributed by atoms with E-state index in [0.29, 0.717) is 31.7 Å². The van der Waals surface area contributed by atoms with Gasteiger partial charge in [0.1, 0.15) is 17.9 Å². The third kappa shape index (κ3) is 6.30. The van der Waals surface area contributed by atoms with E-state index in [2.05, 4.69) is 15.9 Å². The van der Waals surface area contributed by atoms with Crippen molar-refractivity contribution < 1.29 is 28.6 Å². The van der Waals surface area contributed by atoms with E-state index in [1.165, 1.54) is 7.11 Å². The van der Waals surface area contributed by atoms with Crippen LogP contribution in [0.1, 0.15) is 28.8 Å². The zero-order chi connectivity index (χ0) is 22.2. The van der Waals surface area contributed by atoms with E-state index >= 15 is 0 Å². The van der Waals surface area contributed by atoms with Gasteiger partial charge in [-0.15, -0.1) is 0 Å². The Balaban J connectivity index is 1.52. The monoisotopic (exact) mass is 489 g/mol. The first-order valence-corrected chi connectivity index (χ1v) is 10.8. The minimum Gasteiger partial charge on any atom is -0.488 e. The number of hydrogen-bond acceptors (Lipinski definition) is 6. The molecule has 164 valence electrons. The molecule has 0 spiro atoms. The molecule has 0 aliphatic carbocycles. The van der Waals surface area contributed by atoms with Crippen molar-refractivity contribution in [3.05, 3.63) is 64.1 Å². The number of amides is 1. The van der Waals surface area contributed by atoms with E-state index in [4.69, 9.17) is 14.2 Å². The van der Waals surface area contributed by atoms with Crippen LogP contribution >= 0.6 is 15.9 Å². The second-order valence-corrected chi connectivity index (χ2v) is 8.08. The number of nitrogens with zero attached hydrogens (tertiary/aromatic N) is 1. The van der Waals surface area contributed by atoms with Crippen molar-refractivity contribution in [3.8, 4) is 5.75 Å². The summed E-state index contributed by atoms with van der Waals surface area (Å²) < 4.78 is 16.7. The lowest BCUT2D eigenvalue weighted by atomic mass is 9.97. The summed E-state index contributed by atoms with van der Waals surface area (Å²) >= 11 is 3.42.